The number of H-pyrrole nitrogens is 1. The van der Waals surface area contributed by atoms with Crippen LogP contribution in [-0.4, -0.2) is 9.97 Å². The van der Waals surface area contributed by atoms with Crippen molar-refractivity contribution in [2.75, 3.05) is 5.73 Å². The van der Waals surface area contributed by atoms with Crippen molar-refractivity contribution >= 4 is 43.3 Å². The van der Waals surface area contributed by atoms with Gasteiger partial charge in [0.05, 0.1) is 21.6 Å². The van der Waals surface area contributed by atoms with Crippen molar-refractivity contribution < 1.29 is 0 Å². The summed E-state index contributed by atoms with van der Waals surface area (Å²) in [6, 6.07) is 6.17. The third kappa shape index (κ3) is 1.83. The highest BCUT2D eigenvalue weighted by atomic mass is 79.9. The molecule has 0 saturated carbocycles. The quantitative estimate of drug-likeness (QED) is 0.703. The monoisotopic (exact) mass is 321 g/mol. The summed E-state index contributed by atoms with van der Waals surface area (Å²) < 4.78 is 1.05. The number of thiophene rings is 1. The maximum atomic E-state index is 6.01. The number of nitrogens with one attached hydrogen (secondary N) is 1. The van der Waals surface area contributed by atoms with Crippen molar-refractivity contribution in [1.82, 2.24) is 9.97 Å². The van der Waals surface area contributed by atoms with E-state index < -0.39 is 0 Å². The summed E-state index contributed by atoms with van der Waals surface area (Å²) in [5.41, 5.74) is 10.2. The molecular weight excluding hydrogens is 310 g/mol. The summed E-state index contributed by atoms with van der Waals surface area (Å²) >= 11 is 5.09. The molecule has 0 saturated heterocycles. The van der Waals surface area contributed by atoms with E-state index in [0.717, 1.165) is 37.5 Å². The minimum atomic E-state index is 0.809. The zero-order valence-corrected chi connectivity index (χ0v) is 12.4. The van der Waals surface area contributed by atoms with Crippen molar-refractivity contribution in [1.29, 1.82) is 0 Å². The number of hydrogen-bond acceptors (Lipinski definition) is 3. The van der Waals surface area contributed by atoms with Crippen molar-refractivity contribution in [2.24, 2.45) is 0 Å². The number of nitrogen functional groups attached to an aromatic ring is 1. The van der Waals surface area contributed by atoms with E-state index in [1.165, 1.54) is 4.88 Å². The SMILES string of the molecule is Cc1cc(-c2nc3c(C)cc(Br)cc3[nH]2)c(N)s1. The molecule has 3 nitrogen and oxygen atoms in total. The first-order chi connectivity index (χ1) is 8.54. The predicted octanol–water partition coefficient (Wildman–Crippen LogP) is 4.25. The van der Waals surface area contributed by atoms with E-state index in [9.17, 15) is 0 Å². The number of rotatable bonds is 1. The predicted molar refractivity (Wildman–Crippen MR) is 81.0 cm³/mol. The van der Waals surface area contributed by atoms with Crippen LogP contribution >= 0.6 is 27.3 Å². The van der Waals surface area contributed by atoms with Gasteiger partial charge in [-0.2, -0.15) is 0 Å². The lowest BCUT2D eigenvalue weighted by Gasteiger charge is -1.94. The lowest BCUT2D eigenvalue weighted by Crippen LogP contribution is -1.84. The highest BCUT2D eigenvalue weighted by Crippen LogP contribution is 2.33. The Morgan fingerprint density at radius 3 is 2.72 bits per heavy atom. The maximum absolute atomic E-state index is 6.01. The van der Waals surface area contributed by atoms with E-state index >= 15 is 0 Å². The average molecular weight is 322 g/mol. The van der Waals surface area contributed by atoms with Crippen molar-refractivity contribution in [3.63, 3.8) is 0 Å². The van der Waals surface area contributed by atoms with Gasteiger partial charge in [0.2, 0.25) is 0 Å². The van der Waals surface area contributed by atoms with E-state index in [4.69, 9.17) is 5.73 Å². The Morgan fingerprint density at radius 2 is 2.06 bits per heavy atom. The number of nitrogens with zero attached hydrogens (tertiary/aromatic N) is 1. The second-order valence-corrected chi connectivity index (χ2v) is 6.54. The number of benzene rings is 1. The van der Waals surface area contributed by atoms with Crippen LogP contribution in [0.2, 0.25) is 0 Å². The molecular formula is C13H12BrN3S. The first-order valence-electron chi connectivity index (χ1n) is 5.57. The van der Waals surface area contributed by atoms with Gasteiger partial charge in [0.25, 0.3) is 0 Å². The van der Waals surface area contributed by atoms with Gasteiger partial charge in [-0.05, 0) is 37.6 Å². The molecule has 2 heterocycles. The van der Waals surface area contributed by atoms with Crippen LogP contribution in [0.15, 0.2) is 22.7 Å². The summed E-state index contributed by atoms with van der Waals surface area (Å²) in [6.45, 7) is 4.11. The molecule has 3 N–H and O–H groups in total. The van der Waals surface area contributed by atoms with Crippen molar-refractivity contribution in [3.8, 4) is 11.4 Å². The topological polar surface area (TPSA) is 54.7 Å². The fraction of sp³-hybridized carbons (Fsp3) is 0.154. The van der Waals surface area contributed by atoms with Gasteiger partial charge in [-0.25, -0.2) is 4.98 Å². The Bertz CT molecular complexity index is 742. The van der Waals surface area contributed by atoms with Crippen LogP contribution in [0.1, 0.15) is 10.4 Å². The number of aryl methyl sites for hydroxylation is 2. The lowest BCUT2D eigenvalue weighted by molar-refractivity contribution is 1.34. The van der Waals surface area contributed by atoms with Crippen LogP contribution in [-0.2, 0) is 0 Å². The molecule has 0 spiro atoms. The number of hydrogen-bond donors (Lipinski definition) is 2. The molecule has 1 aromatic carbocycles. The standard InChI is InChI=1S/C13H12BrN3S/c1-6-3-8(14)5-10-11(6)17-13(16-10)9-4-7(2)18-12(9)15/h3-5H,15H2,1-2H3,(H,16,17). The second kappa shape index (κ2) is 4.10. The molecule has 0 atom stereocenters. The summed E-state index contributed by atoms with van der Waals surface area (Å²) in [5, 5.41) is 0.809. The summed E-state index contributed by atoms with van der Waals surface area (Å²) in [6.07, 6.45) is 0. The Kier molecular flexibility index (Phi) is 2.68. The summed E-state index contributed by atoms with van der Waals surface area (Å²) in [5.74, 6) is 0.841. The van der Waals surface area contributed by atoms with Crippen molar-refractivity contribution in [2.45, 2.75) is 13.8 Å². The Balaban J connectivity index is 2.25. The van der Waals surface area contributed by atoms with Crippen LogP contribution in [0.3, 0.4) is 0 Å². The molecule has 0 unspecified atom stereocenters. The molecule has 0 aliphatic heterocycles. The van der Waals surface area contributed by atoms with Gasteiger partial charge >= 0.3 is 0 Å². The van der Waals surface area contributed by atoms with Crippen LogP contribution in [0.4, 0.5) is 5.00 Å². The van der Waals surface area contributed by atoms with E-state index in [0.29, 0.717) is 0 Å². The van der Waals surface area contributed by atoms with Gasteiger partial charge in [-0.3, -0.25) is 0 Å². The zero-order valence-electron chi connectivity index (χ0n) is 10.0. The maximum Gasteiger partial charge on any atom is 0.141 e. The van der Waals surface area contributed by atoms with Gasteiger partial charge in [0.15, 0.2) is 0 Å². The number of aromatic nitrogens is 2. The fourth-order valence-electron chi connectivity index (χ4n) is 2.09. The largest absolute Gasteiger partial charge is 0.390 e. The van der Waals surface area contributed by atoms with Gasteiger partial charge in [0.1, 0.15) is 5.82 Å². The van der Waals surface area contributed by atoms with Gasteiger partial charge in [-0.15, -0.1) is 11.3 Å². The molecule has 0 amide bonds. The van der Waals surface area contributed by atoms with Crippen LogP contribution < -0.4 is 5.73 Å². The molecule has 0 aliphatic rings. The molecule has 0 aliphatic carbocycles. The van der Waals surface area contributed by atoms with Crippen LogP contribution in [0.25, 0.3) is 22.4 Å². The Labute approximate surface area is 117 Å². The van der Waals surface area contributed by atoms with Crippen LogP contribution in [0, 0.1) is 13.8 Å². The summed E-state index contributed by atoms with van der Waals surface area (Å²) in [4.78, 5) is 9.18. The molecule has 0 radical (unpaired) electrons. The third-order valence-corrected chi connectivity index (χ3v) is 4.22. The Hall–Kier alpha value is -1.33. The minimum absolute atomic E-state index is 0.809. The molecule has 0 bridgehead atoms. The molecule has 3 rings (SSSR count). The number of imidazole rings is 1. The minimum Gasteiger partial charge on any atom is -0.390 e. The van der Waals surface area contributed by atoms with Crippen molar-refractivity contribution in [3.05, 3.63) is 33.1 Å². The normalized spacial score (nSPS) is 11.3. The molecule has 92 valence electrons. The second-order valence-electron chi connectivity index (χ2n) is 4.34. The molecule has 2 aromatic heterocycles. The average Bonchev–Trinajstić information content (AvgIpc) is 2.81. The Morgan fingerprint density at radius 1 is 1.28 bits per heavy atom. The van der Waals surface area contributed by atoms with Gasteiger partial charge in [0, 0.05) is 9.35 Å². The third-order valence-electron chi connectivity index (χ3n) is 2.88. The molecule has 18 heavy (non-hydrogen) atoms. The summed E-state index contributed by atoms with van der Waals surface area (Å²) in [7, 11) is 0. The number of halogens is 1. The highest BCUT2D eigenvalue weighted by Gasteiger charge is 2.12. The first kappa shape index (κ1) is 11.7. The smallest absolute Gasteiger partial charge is 0.141 e. The van der Waals surface area contributed by atoms with Gasteiger partial charge in [-0.1, -0.05) is 15.9 Å². The number of nitrogens with two attached hydrogens (primary N) is 1. The highest BCUT2D eigenvalue weighted by molar-refractivity contribution is 9.10. The molecule has 0 fully saturated rings. The van der Waals surface area contributed by atoms with E-state index in [1.807, 2.05) is 6.07 Å². The van der Waals surface area contributed by atoms with E-state index in [1.54, 1.807) is 11.3 Å². The lowest BCUT2D eigenvalue weighted by atomic mass is 10.2. The van der Waals surface area contributed by atoms with Gasteiger partial charge < -0.3 is 10.7 Å². The van der Waals surface area contributed by atoms with E-state index in [2.05, 4.69) is 51.9 Å². The molecule has 3 aromatic rings. The first-order valence-corrected chi connectivity index (χ1v) is 7.17. The zero-order chi connectivity index (χ0) is 12.9. The van der Waals surface area contributed by atoms with Crippen LogP contribution in [0.5, 0.6) is 0 Å². The number of anilines is 1. The number of aromatic amines is 1. The number of fused-ring (bicyclic) bond motifs is 1. The molecule has 5 heteroatoms. The van der Waals surface area contributed by atoms with E-state index in [-0.39, 0.29) is 0 Å². The fourth-order valence-corrected chi connectivity index (χ4v) is 3.45.